The summed E-state index contributed by atoms with van der Waals surface area (Å²) < 4.78 is 4.93. The molecule has 0 N–H and O–H groups in total. The van der Waals surface area contributed by atoms with Crippen LogP contribution in [0, 0.1) is 0 Å². The van der Waals surface area contributed by atoms with Gasteiger partial charge in [-0.3, -0.25) is 4.79 Å². The van der Waals surface area contributed by atoms with E-state index >= 15 is 0 Å². The van der Waals surface area contributed by atoms with Crippen LogP contribution in [-0.4, -0.2) is 24.1 Å². The van der Waals surface area contributed by atoms with Gasteiger partial charge in [-0.25, -0.2) is 0 Å². The third-order valence-electron chi connectivity index (χ3n) is 3.60. The van der Waals surface area contributed by atoms with Crippen LogP contribution in [0.4, 0.5) is 0 Å². The van der Waals surface area contributed by atoms with Crippen LogP contribution in [0.3, 0.4) is 0 Å². The molecule has 0 aliphatic heterocycles. The van der Waals surface area contributed by atoms with Crippen molar-refractivity contribution in [3.63, 3.8) is 0 Å². The van der Waals surface area contributed by atoms with Crippen molar-refractivity contribution in [2.75, 3.05) is 12.9 Å². The predicted octanol–water partition coefficient (Wildman–Crippen LogP) is 5.59. The van der Waals surface area contributed by atoms with Crippen LogP contribution in [0.1, 0.15) is 84.5 Å². The molecule has 120 valence electrons. The zero-order chi connectivity index (χ0) is 15.1. The first-order valence-corrected chi connectivity index (χ1v) is 9.50. The fraction of sp³-hybridized carbons (Fsp3) is 0.941. The van der Waals surface area contributed by atoms with E-state index in [4.69, 9.17) is 4.74 Å². The number of ether oxygens (including phenoxy) is 1. The zero-order valence-electron chi connectivity index (χ0n) is 13.8. The van der Waals surface area contributed by atoms with E-state index in [1.165, 1.54) is 64.9 Å². The van der Waals surface area contributed by atoms with E-state index in [9.17, 15) is 4.79 Å². The Morgan fingerprint density at radius 3 is 2.05 bits per heavy atom. The molecule has 3 heteroatoms. The van der Waals surface area contributed by atoms with Crippen LogP contribution in [-0.2, 0) is 9.53 Å². The molecule has 0 aromatic carbocycles. The molecule has 0 radical (unpaired) electrons. The van der Waals surface area contributed by atoms with Crippen LogP contribution >= 0.6 is 11.8 Å². The Hall–Kier alpha value is -0.180. The Kier molecular flexibility index (Phi) is 15.1. The molecule has 2 nitrogen and oxygen atoms in total. The Balaban J connectivity index is 3.71. The van der Waals surface area contributed by atoms with Gasteiger partial charge in [0.25, 0.3) is 0 Å². The molecule has 0 saturated heterocycles. The summed E-state index contributed by atoms with van der Waals surface area (Å²) >= 11 is 1.80. The lowest BCUT2D eigenvalue weighted by molar-refractivity contribution is -0.140. The van der Waals surface area contributed by atoms with Crippen molar-refractivity contribution in [2.24, 2.45) is 0 Å². The molecule has 1 unspecified atom stereocenters. The number of rotatable bonds is 14. The van der Waals surface area contributed by atoms with E-state index < -0.39 is 0 Å². The zero-order valence-corrected chi connectivity index (χ0v) is 14.6. The molecule has 0 rings (SSSR count). The normalized spacial score (nSPS) is 12.3. The van der Waals surface area contributed by atoms with E-state index in [-0.39, 0.29) is 11.2 Å². The van der Waals surface area contributed by atoms with Gasteiger partial charge >= 0.3 is 5.97 Å². The summed E-state index contributed by atoms with van der Waals surface area (Å²) in [7, 11) is 1.51. The largest absolute Gasteiger partial charge is 0.468 e. The average molecular weight is 303 g/mol. The summed E-state index contributed by atoms with van der Waals surface area (Å²) in [5, 5.41) is 0.0628. The van der Waals surface area contributed by atoms with E-state index in [0.29, 0.717) is 0 Å². The number of thioether (sulfide) groups is 1. The van der Waals surface area contributed by atoms with Gasteiger partial charge in [-0.1, -0.05) is 71.6 Å². The van der Waals surface area contributed by atoms with Gasteiger partial charge in [0.1, 0.15) is 5.25 Å². The third-order valence-corrected chi connectivity index (χ3v) is 4.96. The van der Waals surface area contributed by atoms with Crippen LogP contribution < -0.4 is 0 Å². The van der Waals surface area contributed by atoms with E-state index in [2.05, 4.69) is 13.8 Å². The second kappa shape index (κ2) is 15.2. The summed E-state index contributed by atoms with van der Waals surface area (Å²) in [4.78, 5) is 11.8. The Morgan fingerprint density at radius 2 is 1.45 bits per heavy atom. The summed E-state index contributed by atoms with van der Waals surface area (Å²) in [6.45, 7) is 4.46. The number of esters is 1. The fourth-order valence-electron chi connectivity index (χ4n) is 2.27. The van der Waals surface area contributed by atoms with Crippen molar-refractivity contribution in [3.05, 3.63) is 0 Å². The number of unbranched alkanes of at least 4 members (excludes halogenated alkanes) is 8. The minimum atomic E-state index is -0.0287. The highest BCUT2D eigenvalue weighted by Gasteiger charge is 2.18. The molecule has 1 atom stereocenters. The van der Waals surface area contributed by atoms with E-state index in [0.717, 1.165) is 18.6 Å². The first-order chi connectivity index (χ1) is 9.76. The van der Waals surface area contributed by atoms with Gasteiger partial charge in [0.2, 0.25) is 0 Å². The van der Waals surface area contributed by atoms with E-state index in [1.54, 1.807) is 11.8 Å². The summed E-state index contributed by atoms with van der Waals surface area (Å²) in [6, 6.07) is 0. The minimum Gasteiger partial charge on any atom is -0.468 e. The highest BCUT2D eigenvalue weighted by Crippen LogP contribution is 2.21. The van der Waals surface area contributed by atoms with Crippen molar-refractivity contribution >= 4 is 17.7 Å². The molecule has 0 heterocycles. The fourth-order valence-corrected chi connectivity index (χ4v) is 3.49. The molecular weight excluding hydrogens is 268 g/mol. The number of carbonyl (C=O) groups is 1. The molecule has 0 spiro atoms. The molecule has 0 saturated carbocycles. The topological polar surface area (TPSA) is 26.3 Å². The van der Waals surface area contributed by atoms with E-state index in [1.807, 2.05) is 0 Å². The van der Waals surface area contributed by atoms with Crippen molar-refractivity contribution in [2.45, 2.75) is 89.7 Å². The van der Waals surface area contributed by atoms with Gasteiger partial charge in [0, 0.05) is 0 Å². The van der Waals surface area contributed by atoms with Crippen molar-refractivity contribution in [3.8, 4) is 0 Å². The Labute approximate surface area is 130 Å². The maximum atomic E-state index is 11.8. The first-order valence-electron chi connectivity index (χ1n) is 8.45. The molecule has 0 aliphatic rings. The number of carbonyl (C=O) groups excluding carboxylic acids is 1. The smallest absolute Gasteiger partial charge is 0.318 e. The number of hydrogen-bond acceptors (Lipinski definition) is 3. The van der Waals surface area contributed by atoms with Crippen molar-refractivity contribution in [1.29, 1.82) is 0 Å². The quantitative estimate of drug-likeness (QED) is 0.309. The lowest BCUT2D eigenvalue weighted by Crippen LogP contribution is -2.19. The molecule has 0 aromatic heterocycles. The van der Waals surface area contributed by atoms with Crippen molar-refractivity contribution in [1.82, 2.24) is 0 Å². The highest BCUT2D eigenvalue weighted by atomic mass is 32.2. The van der Waals surface area contributed by atoms with Gasteiger partial charge in [-0.2, -0.15) is 0 Å². The lowest BCUT2D eigenvalue weighted by atomic mass is 10.1. The van der Waals surface area contributed by atoms with Gasteiger partial charge < -0.3 is 4.74 Å². The Morgan fingerprint density at radius 1 is 0.900 bits per heavy atom. The highest BCUT2D eigenvalue weighted by molar-refractivity contribution is 8.00. The average Bonchev–Trinajstić information content (AvgIpc) is 2.47. The first kappa shape index (κ1) is 19.8. The third kappa shape index (κ3) is 11.6. The van der Waals surface area contributed by atoms with Crippen LogP contribution in [0.15, 0.2) is 0 Å². The summed E-state index contributed by atoms with van der Waals surface area (Å²) in [5.41, 5.74) is 0. The second-order valence-corrected chi connectivity index (χ2v) is 6.81. The molecule has 0 fully saturated rings. The summed E-state index contributed by atoms with van der Waals surface area (Å²) in [6.07, 6.45) is 13.8. The van der Waals surface area contributed by atoms with Crippen LogP contribution in [0.25, 0.3) is 0 Å². The van der Waals surface area contributed by atoms with Crippen LogP contribution in [0.2, 0.25) is 0 Å². The van der Waals surface area contributed by atoms with Gasteiger partial charge in [0.05, 0.1) is 7.11 Å². The minimum absolute atomic E-state index is 0.0287. The molecular formula is C17H34O2S. The van der Waals surface area contributed by atoms with Gasteiger partial charge in [-0.15, -0.1) is 11.8 Å². The van der Waals surface area contributed by atoms with Gasteiger partial charge in [-0.05, 0) is 18.6 Å². The van der Waals surface area contributed by atoms with Gasteiger partial charge in [0.15, 0.2) is 0 Å². The SMILES string of the molecule is CCCCCCCCC(SCCCCCC)C(=O)OC. The number of hydrogen-bond donors (Lipinski definition) is 0. The lowest BCUT2D eigenvalue weighted by Gasteiger charge is -2.14. The summed E-state index contributed by atoms with van der Waals surface area (Å²) in [5.74, 6) is 1.06. The molecule has 0 aromatic rings. The van der Waals surface area contributed by atoms with Crippen LogP contribution in [0.5, 0.6) is 0 Å². The second-order valence-electron chi connectivity index (χ2n) is 5.50. The maximum Gasteiger partial charge on any atom is 0.318 e. The number of methoxy groups -OCH3 is 1. The predicted molar refractivity (Wildman–Crippen MR) is 90.4 cm³/mol. The molecule has 20 heavy (non-hydrogen) atoms. The van der Waals surface area contributed by atoms with Crippen molar-refractivity contribution < 1.29 is 9.53 Å². The molecule has 0 amide bonds. The standard InChI is InChI=1S/C17H34O2S/c1-4-6-8-10-11-12-14-16(17(18)19-3)20-15-13-9-7-5-2/h16H,4-15H2,1-3H3. The molecule has 0 aliphatic carbocycles. The monoisotopic (exact) mass is 302 g/mol. The maximum absolute atomic E-state index is 11.8. The Bertz CT molecular complexity index is 219. The molecule has 0 bridgehead atoms.